The first kappa shape index (κ1) is 16.7. The number of aromatic nitrogens is 2. The van der Waals surface area contributed by atoms with Gasteiger partial charge in [-0.15, -0.1) is 0 Å². The molecule has 0 bridgehead atoms. The van der Waals surface area contributed by atoms with Gasteiger partial charge < -0.3 is 14.2 Å². The zero-order valence-electron chi connectivity index (χ0n) is 15.3. The summed E-state index contributed by atoms with van der Waals surface area (Å²) in [5, 5.41) is 0.535. The molecule has 1 aliphatic heterocycles. The van der Waals surface area contributed by atoms with Crippen LogP contribution in [0.1, 0.15) is 12.0 Å². The molecule has 6 heteroatoms. The molecule has 3 aromatic rings. The maximum atomic E-state index is 12.5. The van der Waals surface area contributed by atoms with E-state index < -0.39 is 0 Å². The van der Waals surface area contributed by atoms with Gasteiger partial charge in [-0.1, -0.05) is 12.1 Å². The van der Waals surface area contributed by atoms with E-state index in [2.05, 4.69) is 26.8 Å². The number of likely N-dealkylation sites (tertiary alicyclic amines) is 1. The molecule has 0 N–H and O–H groups in total. The first-order valence-corrected chi connectivity index (χ1v) is 8.82. The summed E-state index contributed by atoms with van der Waals surface area (Å²) in [4.78, 5) is 26.2. The van der Waals surface area contributed by atoms with E-state index in [-0.39, 0.29) is 5.63 Å². The molecular weight excluding hydrogens is 328 g/mol. The van der Waals surface area contributed by atoms with E-state index in [1.165, 1.54) is 0 Å². The zero-order chi connectivity index (χ0) is 18.3. The van der Waals surface area contributed by atoms with Crippen molar-refractivity contribution in [2.75, 3.05) is 32.1 Å². The van der Waals surface area contributed by atoms with Crippen LogP contribution in [0.3, 0.4) is 0 Å². The van der Waals surface area contributed by atoms with Gasteiger partial charge in [-0.25, -0.2) is 14.8 Å². The smallest absolute Gasteiger partial charge is 0.347 e. The van der Waals surface area contributed by atoms with Gasteiger partial charge in [0.1, 0.15) is 5.82 Å². The highest BCUT2D eigenvalue weighted by molar-refractivity contribution is 5.82. The van der Waals surface area contributed by atoms with Crippen LogP contribution >= 0.6 is 0 Å². The van der Waals surface area contributed by atoms with Gasteiger partial charge in [0.25, 0.3) is 0 Å². The lowest BCUT2D eigenvalue weighted by Crippen LogP contribution is -2.34. The van der Waals surface area contributed by atoms with Gasteiger partial charge in [-0.2, -0.15) is 0 Å². The number of rotatable bonds is 3. The molecule has 1 aliphatic rings. The van der Waals surface area contributed by atoms with Crippen LogP contribution in [0.25, 0.3) is 22.4 Å². The fourth-order valence-corrected chi connectivity index (χ4v) is 3.64. The van der Waals surface area contributed by atoms with Crippen LogP contribution in [0.15, 0.2) is 45.7 Å². The molecule has 134 valence electrons. The highest BCUT2D eigenvalue weighted by Crippen LogP contribution is 2.30. The number of hydrogen-bond acceptors (Lipinski definition) is 6. The molecule has 0 aliphatic carbocycles. The van der Waals surface area contributed by atoms with E-state index in [0.29, 0.717) is 22.8 Å². The number of anilines is 1. The molecule has 0 spiro atoms. The highest BCUT2D eigenvalue weighted by atomic mass is 16.4. The Morgan fingerprint density at radius 3 is 2.88 bits per heavy atom. The summed E-state index contributed by atoms with van der Waals surface area (Å²) in [5.41, 5.74) is 1.90. The van der Waals surface area contributed by atoms with Gasteiger partial charge in [0.15, 0.2) is 0 Å². The second kappa shape index (κ2) is 6.53. The molecule has 0 saturated carbocycles. The first-order valence-electron chi connectivity index (χ1n) is 8.82. The molecule has 2 aromatic heterocycles. The lowest BCUT2D eigenvalue weighted by Gasteiger charge is -2.26. The molecule has 0 radical (unpaired) electrons. The molecular formula is C20H22N4O2. The minimum Gasteiger partial charge on any atom is -0.403 e. The Morgan fingerprint density at radius 2 is 2.12 bits per heavy atom. The van der Waals surface area contributed by atoms with E-state index in [1.54, 1.807) is 6.20 Å². The number of benzene rings is 1. The van der Waals surface area contributed by atoms with Gasteiger partial charge in [0.05, 0.1) is 16.5 Å². The van der Waals surface area contributed by atoms with Gasteiger partial charge in [-0.3, -0.25) is 0 Å². The summed E-state index contributed by atoms with van der Waals surface area (Å²) in [5.74, 6) is 1.10. The summed E-state index contributed by atoms with van der Waals surface area (Å²) in [7, 11) is 4.17. The number of aryl methyl sites for hydroxylation is 1. The average molecular weight is 350 g/mol. The number of fused-ring (bicyclic) bond motifs is 1. The van der Waals surface area contributed by atoms with Crippen molar-refractivity contribution in [3.05, 3.63) is 52.5 Å². The third-order valence-electron chi connectivity index (χ3n) is 5.13. The third-order valence-corrected chi connectivity index (χ3v) is 5.13. The Labute approximate surface area is 152 Å². The van der Waals surface area contributed by atoms with Gasteiger partial charge in [0, 0.05) is 25.8 Å². The first-order chi connectivity index (χ1) is 12.5. The largest absolute Gasteiger partial charge is 0.403 e. The zero-order valence-corrected chi connectivity index (χ0v) is 15.3. The van der Waals surface area contributed by atoms with Crippen molar-refractivity contribution in [2.24, 2.45) is 0 Å². The van der Waals surface area contributed by atoms with Gasteiger partial charge in [0.2, 0.25) is 5.89 Å². The Bertz CT molecular complexity index is 1010. The van der Waals surface area contributed by atoms with Crippen molar-refractivity contribution in [1.29, 1.82) is 0 Å². The van der Waals surface area contributed by atoms with Gasteiger partial charge >= 0.3 is 5.63 Å². The van der Waals surface area contributed by atoms with Crippen LogP contribution in [0, 0.1) is 6.92 Å². The predicted molar refractivity (Wildman–Crippen MR) is 103 cm³/mol. The molecule has 26 heavy (non-hydrogen) atoms. The normalized spacial score (nSPS) is 17.7. The van der Waals surface area contributed by atoms with E-state index in [1.807, 2.05) is 44.3 Å². The Hall–Kier alpha value is -2.73. The topological polar surface area (TPSA) is 62.5 Å². The molecule has 1 fully saturated rings. The molecule has 3 heterocycles. The Morgan fingerprint density at radius 1 is 1.27 bits per heavy atom. The number of nitrogens with zero attached hydrogens (tertiary/aromatic N) is 4. The molecule has 1 atom stereocenters. The fourth-order valence-electron chi connectivity index (χ4n) is 3.64. The van der Waals surface area contributed by atoms with Gasteiger partial charge in [-0.05, 0) is 50.7 Å². The number of pyridine rings is 1. The summed E-state index contributed by atoms with van der Waals surface area (Å²) in [6.45, 7) is 3.95. The molecule has 6 nitrogen and oxygen atoms in total. The molecule has 1 unspecified atom stereocenters. The summed E-state index contributed by atoms with van der Waals surface area (Å²) in [6, 6.07) is 9.76. The maximum Gasteiger partial charge on any atom is 0.347 e. The minimum absolute atomic E-state index is 0.314. The van der Waals surface area contributed by atoms with Crippen LogP contribution in [0.2, 0.25) is 0 Å². The van der Waals surface area contributed by atoms with Crippen LogP contribution in [0.4, 0.5) is 5.82 Å². The number of hydrogen-bond donors (Lipinski definition) is 0. The standard InChI is InChI=1S/C20H22N4O2/c1-13-6-4-8-16-17(13)20(25)26-19(22-16)15-7-5-10-21-18(15)24(3)14-9-11-23(2)12-14/h4-8,10,14H,9,11-12H2,1-3H3. The van der Waals surface area contributed by atoms with E-state index in [9.17, 15) is 4.79 Å². The summed E-state index contributed by atoms with van der Waals surface area (Å²) >= 11 is 0. The van der Waals surface area contributed by atoms with Crippen LogP contribution in [-0.2, 0) is 0 Å². The van der Waals surface area contributed by atoms with E-state index >= 15 is 0 Å². The summed E-state index contributed by atoms with van der Waals surface area (Å²) < 4.78 is 5.59. The minimum atomic E-state index is -0.360. The second-order valence-electron chi connectivity index (χ2n) is 6.97. The predicted octanol–water partition coefficient (Wildman–Crippen LogP) is 2.70. The molecule has 1 aromatic carbocycles. The van der Waals surface area contributed by atoms with E-state index in [0.717, 1.165) is 36.5 Å². The average Bonchev–Trinajstić information content (AvgIpc) is 3.07. The number of likely N-dealkylation sites (N-methyl/N-ethyl adjacent to an activating group) is 2. The summed E-state index contributed by atoms with van der Waals surface area (Å²) in [6.07, 6.45) is 2.84. The van der Waals surface area contributed by atoms with Crippen molar-refractivity contribution in [3.8, 4) is 11.5 Å². The van der Waals surface area contributed by atoms with Crippen molar-refractivity contribution in [2.45, 2.75) is 19.4 Å². The van der Waals surface area contributed by atoms with Crippen molar-refractivity contribution < 1.29 is 4.42 Å². The quantitative estimate of drug-likeness (QED) is 0.724. The van der Waals surface area contributed by atoms with Crippen molar-refractivity contribution in [3.63, 3.8) is 0 Å². The van der Waals surface area contributed by atoms with Crippen LogP contribution < -0.4 is 10.5 Å². The van der Waals surface area contributed by atoms with Crippen LogP contribution in [0.5, 0.6) is 0 Å². The lowest BCUT2D eigenvalue weighted by atomic mass is 10.1. The molecule has 4 rings (SSSR count). The van der Waals surface area contributed by atoms with Crippen molar-refractivity contribution in [1.82, 2.24) is 14.9 Å². The fraction of sp³-hybridized carbons (Fsp3) is 0.350. The molecule has 1 saturated heterocycles. The lowest BCUT2D eigenvalue weighted by molar-refractivity contribution is 0.409. The Balaban J connectivity index is 1.82. The second-order valence-corrected chi connectivity index (χ2v) is 6.97. The van der Waals surface area contributed by atoms with Crippen molar-refractivity contribution >= 4 is 16.7 Å². The highest BCUT2D eigenvalue weighted by Gasteiger charge is 2.26. The maximum absolute atomic E-state index is 12.5. The monoisotopic (exact) mass is 350 g/mol. The Kier molecular flexibility index (Phi) is 4.20. The molecule has 0 amide bonds. The van der Waals surface area contributed by atoms with Crippen LogP contribution in [-0.4, -0.2) is 48.1 Å². The SMILES string of the molecule is Cc1cccc2nc(-c3cccnc3N(C)C3CCN(C)C3)oc(=O)c12. The van der Waals surface area contributed by atoms with E-state index in [4.69, 9.17) is 4.42 Å². The third kappa shape index (κ3) is 2.86.